The van der Waals surface area contributed by atoms with Crippen LogP contribution in [-0.4, -0.2) is 17.5 Å². The highest BCUT2D eigenvalue weighted by atomic mass is 16.6. The molecule has 4 heteroatoms. The van der Waals surface area contributed by atoms with Gasteiger partial charge in [0.1, 0.15) is 0 Å². The Morgan fingerprint density at radius 2 is 1.90 bits per heavy atom. The minimum absolute atomic E-state index is 0.167. The normalized spacial score (nSPS) is 17.6. The highest BCUT2D eigenvalue weighted by Gasteiger charge is 2.21. The molecule has 0 amide bonds. The van der Waals surface area contributed by atoms with Gasteiger partial charge in [-0.25, -0.2) is 0 Å². The van der Waals surface area contributed by atoms with Gasteiger partial charge in [-0.3, -0.25) is 10.1 Å². The van der Waals surface area contributed by atoms with Gasteiger partial charge in [-0.1, -0.05) is 38.3 Å². The van der Waals surface area contributed by atoms with Crippen LogP contribution in [0.4, 0.5) is 5.69 Å². The van der Waals surface area contributed by atoms with E-state index < -0.39 is 0 Å². The molecule has 1 atom stereocenters. The SMILES string of the molecule is CCC(NCCc1ccc([N+](=O)[O-])cc1)C1CCCCC1. The summed E-state index contributed by atoms with van der Waals surface area (Å²) in [6.07, 6.45) is 9.00. The van der Waals surface area contributed by atoms with Crippen LogP contribution in [0.1, 0.15) is 51.0 Å². The third-order valence-electron chi connectivity index (χ3n) is 4.63. The molecular formula is C17H26N2O2. The molecule has 1 aromatic carbocycles. The number of nitrogens with one attached hydrogen (secondary N) is 1. The smallest absolute Gasteiger partial charge is 0.269 e. The second-order valence-corrected chi connectivity index (χ2v) is 6.04. The van der Waals surface area contributed by atoms with E-state index in [2.05, 4.69) is 12.2 Å². The lowest BCUT2D eigenvalue weighted by molar-refractivity contribution is -0.384. The molecule has 0 saturated heterocycles. The van der Waals surface area contributed by atoms with E-state index in [1.807, 2.05) is 12.1 Å². The second-order valence-electron chi connectivity index (χ2n) is 6.04. The van der Waals surface area contributed by atoms with Crippen LogP contribution in [0.2, 0.25) is 0 Å². The number of nitro benzene ring substituents is 1. The molecule has 1 unspecified atom stereocenters. The number of benzene rings is 1. The van der Waals surface area contributed by atoms with Crippen LogP contribution in [-0.2, 0) is 6.42 Å². The van der Waals surface area contributed by atoms with Gasteiger partial charge < -0.3 is 5.32 Å². The van der Waals surface area contributed by atoms with Crippen LogP contribution in [0.5, 0.6) is 0 Å². The van der Waals surface area contributed by atoms with E-state index in [0.29, 0.717) is 6.04 Å². The van der Waals surface area contributed by atoms with Crippen molar-refractivity contribution in [3.8, 4) is 0 Å². The standard InChI is InChI=1S/C17H26N2O2/c1-2-17(15-6-4-3-5-7-15)18-13-12-14-8-10-16(11-9-14)19(20)21/h8-11,15,17-18H,2-7,12-13H2,1H3. The fraction of sp³-hybridized carbons (Fsp3) is 0.647. The molecule has 1 aliphatic rings. The van der Waals surface area contributed by atoms with E-state index in [0.717, 1.165) is 24.4 Å². The largest absolute Gasteiger partial charge is 0.313 e. The van der Waals surface area contributed by atoms with E-state index in [4.69, 9.17) is 0 Å². The van der Waals surface area contributed by atoms with E-state index in [9.17, 15) is 10.1 Å². The lowest BCUT2D eigenvalue weighted by atomic mass is 9.83. The van der Waals surface area contributed by atoms with Crippen molar-refractivity contribution in [1.82, 2.24) is 5.32 Å². The molecule has 0 heterocycles. The van der Waals surface area contributed by atoms with Crippen molar-refractivity contribution in [1.29, 1.82) is 0 Å². The summed E-state index contributed by atoms with van der Waals surface area (Å²) in [6, 6.07) is 7.54. The Balaban J connectivity index is 1.77. The predicted octanol–water partition coefficient (Wildman–Crippen LogP) is 4.09. The molecule has 0 radical (unpaired) electrons. The number of non-ortho nitro benzene ring substituents is 1. The molecule has 0 spiro atoms. The molecule has 4 nitrogen and oxygen atoms in total. The molecule has 1 aliphatic carbocycles. The second kappa shape index (κ2) is 8.13. The molecule has 0 aliphatic heterocycles. The molecule has 1 fully saturated rings. The minimum Gasteiger partial charge on any atom is -0.313 e. The molecule has 0 bridgehead atoms. The number of nitrogens with zero attached hydrogens (tertiary/aromatic N) is 1. The van der Waals surface area contributed by atoms with Gasteiger partial charge in [0.15, 0.2) is 0 Å². The van der Waals surface area contributed by atoms with Crippen molar-refractivity contribution >= 4 is 5.69 Å². The third-order valence-corrected chi connectivity index (χ3v) is 4.63. The monoisotopic (exact) mass is 290 g/mol. The average molecular weight is 290 g/mol. The first kappa shape index (κ1) is 16.0. The highest BCUT2D eigenvalue weighted by molar-refractivity contribution is 5.32. The molecule has 1 aromatic rings. The van der Waals surface area contributed by atoms with Gasteiger partial charge in [0.2, 0.25) is 0 Å². The van der Waals surface area contributed by atoms with Crippen LogP contribution in [0.25, 0.3) is 0 Å². The summed E-state index contributed by atoms with van der Waals surface area (Å²) in [5.41, 5.74) is 1.33. The van der Waals surface area contributed by atoms with Gasteiger partial charge in [0.05, 0.1) is 4.92 Å². The summed E-state index contributed by atoms with van der Waals surface area (Å²) >= 11 is 0. The molecular weight excluding hydrogens is 264 g/mol. The van der Waals surface area contributed by atoms with Gasteiger partial charge in [0, 0.05) is 18.2 Å². The number of rotatable bonds is 7. The maximum atomic E-state index is 10.6. The summed E-state index contributed by atoms with van der Waals surface area (Å²) in [4.78, 5) is 10.3. The van der Waals surface area contributed by atoms with E-state index in [1.165, 1.54) is 38.5 Å². The lowest BCUT2D eigenvalue weighted by Crippen LogP contribution is -2.37. The fourth-order valence-corrected chi connectivity index (χ4v) is 3.37. The number of hydrogen-bond acceptors (Lipinski definition) is 3. The van der Waals surface area contributed by atoms with E-state index in [1.54, 1.807) is 12.1 Å². The zero-order valence-corrected chi connectivity index (χ0v) is 12.9. The molecule has 2 rings (SSSR count). The first-order chi connectivity index (χ1) is 10.2. The topological polar surface area (TPSA) is 55.2 Å². The fourth-order valence-electron chi connectivity index (χ4n) is 3.37. The van der Waals surface area contributed by atoms with Crippen LogP contribution in [0.15, 0.2) is 24.3 Å². The number of hydrogen-bond donors (Lipinski definition) is 1. The van der Waals surface area contributed by atoms with Crippen molar-refractivity contribution < 1.29 is 4.92 Å². The Labute approximate surface area is 127 Å². The summed E-state index contributed by atoms with van der Waals surface area (Å²) in [6.45, 7) is 3.21. The summed E-state index contributed by atoms with van der Waals surface area (Å²) in [5, 5.41) is 14.3. The summed E-state index contributed by atoms with van der Waals surface area (Å²) in [5.74, 6) is 0.834. The molecule has 1 saturated carbocycles. The van der Waals surface area contributed by atoms with Gasteiger partial charge in [0.25, 0.3) is 5.69 Å². The predicted molar refractivity (Wildman–Crippen MR) is 85.5 cm³/mol. The van der Waals surface area contributed by atoms with Gasteiger partial charge in [-0.15, -0.1) is 0 Å². The van der Waals surface area contributed by atoms with E-state index >= 15 is 0 Å². The minimum atomic E-state index is -0.349. The first-order valence-electron chi connectivity index (χ1n) is 8.17. The van der Waals surface area contributed by atoms with Gasteiger partial charge in [-0.2, -0.15) is 0 Å². The summed E-state index contributed by atoms with van der Waals surface area (Å²) < 4.78 is 0. The molecule has 1 N–H and O–H groups in total. The van der Waals surface area contributed by atoms with Crippen molar-refractivity contribution in [2.45, 2.75) is 57.9 Å². The maximum Gasteiger partial charge on any atom is 0.269 e. The van der Waals surface area contributed by atoms with Crippen molar-refractivity contribution in [2.24, 2.45) is 5.92 Å². The first-order valence-corrected chi connectivity index (χ1v) is 8.17. The van der Waals surface area contributed by atoms with Gasteiger partial charge >= 0.3 is 0 Å². The lowest BCUT2D eigenvalue weighted by Gasteiger charge is -2.30. The molecule has 21 heavy (non-hydrogen) atoms. The zero-order chi connectivity index (χ0) is 15.1. The van der Waals surface area contributed by atoms with Crippen molar-refractivity contribution in [3.63, 3.8) is 0 Å². The van der Waals surface area contributed by atoms with Crippen molar-refractivity contribution in [2.75, 3.05) is 6.54 Å². The maximum absolute atomic E-state index is 10.6. The highest BCUT2D eigenvalue weighted by Crippen LogP contribution is 2.27. The Morgan fingerprint density at radius 3 is 2.48 bits per heavy atom. The summed E-state index contributed by atoms with van der Waals surface area (Å²) in [7, 11) is 0. The quantitative estimate of drug-likeness (QED) is 0.608. The average Bonchev–Trinajstić information content (AvgIpc) is 2.53. The zero-order valence-electron chi connectivity index (χ0n) is 12.9. The number of nitro groups is 1. The molecule has 0 aromatic heterocycles. The van der Waals surface area contributed by atoms with Crippen LogP contribution in [0, 0.1) is 16.0 Å². The Kier molecular flexibility index (Phi) is 6.18. The van der Waals surface area contributed by atoms with Crippen LogP contribution in [0.3, 0.4) is 0 Å². The van der Waals surface area contributed by atoms with E-state index in [-0.39, 0.29) is 10.6 Å². The molecule has 116 valence electrons. The Hall–Kier alpha value is -1.42. The van der Waals surface area contributed by atoms with Gasteiger partial charge in [-0.05, 0) is 43.7 Å². The van der Waals surface area contributed by atoms with Crippen LogP contribution < -0.4 is 5.32 Å². The van der Waals surface area contributed by atoms with Crippen molar-refractivity contribution in [3.05, 3.63) is 39.9 Å². The third kappa shape index (κ3) is 4.81. The van der Waals surface area contributed by atoms with Crippen LogP contribution >= 0.6 is 0 Å². The Morgan fingerprint density at radius 1 is 1.24 bits per heavy atom. The Bertz CT molecular complexity index is 439.